The van der Waals surface area contributed by atoms with Crippen LogP contribution in [0.1, 0.15) is 53.4 Å². The van der Waals surface area contributed by atoms with E-state index < -0.39 is 0 Å². The van der Waals surface area contributed by atoms with Crippen LogP contribution in [0, 0.1) is 17.9 Å². The van der Waals surface area contributed by atoms with Crippen molar-refractivity contribution in [3.8, 4) is 11.6 Å². The summed E-state index contributed by atoms with van der Waals surface area (Å²) in [4.78, 5) is 19.8. The number of ether oxygens (including phenoxy) is 1. The molecule has 0 saturated heterocycles. The zero-order chi connectivity index (χ0) is 23.3. The number of rotatable bonds is 9. The van der Waals surface area contributed by atoms with E-state index in [1.54, 1.807) is 24.7 Å². The van der Waals surface area contributed by atoms with Gasteiger partial charge in [0, 0.05) is 55.7 Å². The summed E-state index contributed by atoms with van der Waals surface area (Å²) in [7, 11) is 0. The Balaban J connectivity index is 0.000000324. The van der Waals surface area contributed by atoms with Crippen LogP contribution in [0.25, 0.3) is 10.8 Å². The first kappa shape index (κ1) is 28.5. The molecule has 0 atom stereocenters. The summed E-state index contributed by atoms with van der Waals surface area (Å²) in [5.74, 6) is 1.72. The average Bonchev–Trinajstić information content (AvgIpc) is 2.82. The number of carbonyl (C=O) groups excluding carboxylic acids is 1. The third kappa shape index (κ3) is 9.07. The predicted molar refractivity (Wildman–Crippen MR) is 129 cm³/mol. The van der Waals surface area contributed by atoms with Gasteiger partial charge in [0.05, 0.1) is 5.76 Å². The van der Waals surface area contributed by atoms with E-state index in [1.807, 2.05) is 58.0 Å². The Bertz CT molecular complexity index is 1000. The Morgan fingerprint density at radius 3 is 2.24 bits per heavy atom. The minimum atomic E-state index is 0. The van der Waals surface area contributed by atoms with E-state index in [0.717, 1.165) is 36.5 Å². The van der Waals surface area contributed by atoms with Gasteiger partial charge in [-0.25, -0.2) is 4.98 Å². The SMILES string of the molecule is CCC(CC)C(=O)/C=C(\O)C(CC)CC.[Ir].[c-]1cnccc1Oc1cc2ccccc2cn1. The molecule has 0 aliphatic carbocycles. The average molecular weight is 626 g/mol. The molecular weight excluding hydrogens is 593 g/mol. The predicted octanol–water partition coefficient (Wildman–Crippen LogP) is 7.09. The monoisotopic (exact) mass is 626 g/mol. The minimum absolute atomic E-state index is 0. The van der Waals surface area contributed by atoms with Crippen molar-refractivity contribution in [3.05, 3.63) is 72.9 Å². The molecule has 0 fully saturated rings. The molecule has 0 spiro atoms. The van der Waals surface area contributed by atoms with E-state index in [9.17, 15) is 9.90 Å². The van der Waals surface area contributed by atoms with Crippen LogP contribution in [0.2, 0.25) is 0 Å². The topological polar surface area (TPSA) is 72.3 Å². The van der Waals surface area contributed by atoms with Crippen LogP contribution >= 0.6 is 0 Å². The van der Waals surface area contributed by atoms with Crippen LogP contribution in [-0.4, -0.2) is 20.9 Å². The number of fused-ring (bicyclic) bond motifs is 1. The Kier molecular flexibility index (Phi) is 13.2. The fourth-order valence-corrected chi connectivity index (χ4v) is 3.38. The van der Waals surface area contributed by atoms with Crippen molar-refractivity contribution in [3.63, 3.8) is 0 Å². The summed E-state index contributed by atoms with van der Waals surface area (Å²) >= 11 is 0. The number of allylic oxidation sites excluding steroid dienone is 2. The summed E-state index contributed by atoms with van der Waals surface area (Å²) in [5.41, 5.74) is 0. The Hall–Kier alpha value is -2.56. The van der Waals surface area contributed by atoms with Crippen molar-refractivity contribution < 1.29 is 34.7 Å². The number of carbonyl (C=O) groups is 1. The molecule has 6 heteroatoms. The van der Waals surface area contributed by atoms with E-state index in [2.05, 4.69) is 16.0 Å². The molecule has 0 unspecified atom stereocenters. The Labute approximate surface area is 210 Å². The summed E-state index contributed by atoms with van der Waals surface area (Å²) in [6.45, 7) is 8.07. The standard InChI is InChI=1S/C14H9N2O.C13H24O2.Ir/c1-2-4-12-10-16-14(9-11(12)3-1)17-13-5-7-15-8-6-13;1-5-10(6-2)12(14)9-13(15)11(7-3)8-4;/h1-5,7-10H;9-11,14H,5-8H2,1-4H3;/q-1;;/b;12-9-;. The maximum atomic E-state index is 11.7. The van der Waals surface area contributed by atoms with Crippen molar-refractivity contribution in [1.29, 1.82) is 0 Å². The second kappa shape index (κ2) is 15.3. The summed E-state index contributed by atoms with van der Waals surface area (Å²) < 4.78 is 5.58. The second-order valence-electron chi connectivity index (χ2n) is 7.57. The van der Waals surface area contributed by atoms with Crippen molar-refractivity contribution >= 4 is 16.6 Å². The zero-order valence-corrected chi connectivity index (χ0v) is 22.1. The molecule has 2 heterocycles. The molecule has 5 nitrogen and oxygen atoms in total. The van der Waals surface area contributed by atoms with Gasteiger partial charge in [-0.1, -0.05) is 64.4 Å². The van der Waals surface area contributed by atoms with E-state index in [4.69, 9.17) is 4.74 Å². The normalized spacial score (nSPS) is 11.0. The van der Waals surface area contributed by atoms with Gasteiger partial charge in [0.15, 0.2) is 5.78 Å². The second-order valence-corrected chi connectivity index (χ2v) is 7.57. The van der Waals surface area contributed by atoms with E-state index in [-0.39, 0.29) is 43.5 Å². The van der Waals surface area contributed by atoms with E-state index in [1.165, 1.54) is 6.08 Å². The summed E-state index contributed by atoms with van der Waals surface area (Å²) in [6.07, 6.45) is 9.93. The molecule has 179 valence electrons. The minimum Gasteiger partial charge on any atom is -0.512 e. The van der Waals surface area contributed by atoms with Crippen molar-refractivity contribution in [2.45, 2.75) is 53.4 Å². The smallest absolute Gasteiger partial charge is 0.216 e. The first-order chi connectivity index (χ1) is 15.5. The van der Waals surface area contributed by atoms with Gasteiger partial charge in [-0.2, -0.15) is 12.1 Å². The first-order valence-corrected chi connectivity index (χ1v) is 11.3. The number of aliphatic hydroxyl groups is 1. The van der Waals surface area contributed by atoms with Crippen LogP contribution in [0.5, 0.6) is 11.6 Å². The maximum absolute atomic E-state index is 11.7. The molecule has 3 aromatic rings. The van der Waals surface area contributed by atoms with Crippen LogP contribution in [-0.2, 0) is 24.9 Å². The number of hydrogen-bond acceptors (Lipinski definition) is 5. The molecule has 0 aliphatic heterocycles. The van der Waals surface area contributed by atoms with E-state index in [0.29, 0.717) is 11.6 Å². The zero-order valence-electron chi connectivity index (χ0n) is 19.7. The van der Waals surface area contributed by atoms with Gasteiger partial charge in [-0.3, -0.25) is 4.79 Å². The molecule has 33 heavy (non-hydrogen) atoms. The van der Waals surface area contributed by atoms with Crippen molar-refractivity contribution in [2.24, 2.45) is 11.8 Å². The number of ketones is 1. The third-order valence-electron chi connectivity index (χ3n) is 5.50. The molecule has 1 radical (unpaired) electrons. The van der Waals surface area contributed by atoms with Crippen LogP contribution in [0.4, 0.5) is 0 Å². The van der Waals surface area contributed by atoms with Gasteiger partial charge in [-0.15, -0.1) is 0 Å². The van der Waals surface area contributed by atoms with Crippen LogP contribution in [0.15, 0.2) is 66.8 Å². The fraction of sp³-hybridized carbons (Fsp3) is 0.370. The number of nitrogens with zero attached hydrogens (tertiary/aromatic N) is 2. The summed E-state index contributed by atoms with van der Waals surface area (Å²) in [5, 5.41) is 12.0. The third-order valence-corrected chi connectivity index (χ3v) is 5.50. The molecule has 0 bridgehead atoms. The Morgan fingerprint density at radius 2 is 1.67 bits per heavy atom. The number of pyridine rings is 2. The Morgan fingerprint density at radius 1 is 1.03 bits per heavy atom. The molecule has 0 aliphatic rings. The molecule has 0 saturated carbocycles. The van der Waals surface area contributed by atoms with Gasteiger partial charge >= 0.3 is 0 Å². The van der Waals surface area contributed by atoms with Crippen LogP contribution < -0.4 is 4.74 Å². The quantitative estimate of drug-likeness (QED) is 0.156. The van der Waals surface area contributed by atoms with Gasteiger partial charge < -0.3 is 14.8 Å². The molecule has 0 amide bonds. The number of hydrogen-bond donors (Lipinski definition) is 1. The number of benzene rings is 1. The van der Waals surface area contributed by atoms with E-state index >= 15 is 0 Å². The fourth-order valence-electron chi connectivity index (χ4n) is 3.38. The van der Waals surface area contributed by atoms with Crippen molar-refractivity contribution in [2.75, 3.05) is 0 Å². The summed E-state index contributed by atoms with van der Waals surface area (Å²) in [6, 6.07) is 14.6. The van der Waals surface area contributed by atoms with Gasteiger partial charge in [0.2, 0.25) is 5.88 Å². The molecular formula is C27H33IrN2O3-. The van der Waals surface area contributed by atoms with Gasteiger partial charge in [0.25, 0.3) is 0 Å². The van der Waals surface area contributed by atoms with Crippen molar-refractivity contribution in [1.82, 2.24) is 9.97 Å². The molecule has 2 aromatic heterocycles. The van der Waals surface area contributed by atoms with Gasteiger partial charge in [-0.05, 0) is 36.8 Å². The molecule has 1 N–H and O–H groups in total. The number of aliphatic hydroxyl groups excluding tert-OH is 1. The number of aromatic nitrogens is 2. The maximum Gasteiger partial charge on any atom is 0.216 e. The van der Waals surface area contributed by atoms with Gasteiger partial charge in [0.1, 0.15) is 0 Å². The first-order valence-electron chi connectivity index (χ1n) is 11.3. The van der Waals surface area contributed by atoms with Crippen LogP contribution in [0.3, 0.4) is 0 Å². The largest absolute Gasteiger partial charge is 0.512 e. The molecule has 1 aromatic carbocycles. The molecule has 3 rings (SSSR count).